The Hall–Kier alpha value is -2.16. The summed E-state index contributed by atoms with van der Waals surface area (Å²) in [6.45, 7) is 13.5. The lowest BCUT2D eigenvalue weighted by Crippen LogP contribution is -2.66. The van der Waals surface area contributed by atoms with Gasteiger partial charge in [-0.15, -0.1) is 0 Å². The van der Waals surface area contributed by atoms with Crippen molar-refractivity contribution in [1.29, 1.82) is 0 Å². The van der Waals surface area contributed by atoms with E-state index < -0.39 is 59.1 Å². The third kappa shape index (κ3) is 5.52. The Bertz CT molecular complexity index is 913. The fourth-order valence-electron chi connectivity index (χ4n) is 8.24. The zero-order chi connectivity index (χ0) is 27.9. The molecule has 9 heteroatoms. The van der Waals surface area contributed by atoms with Crippen LogP contribution in [0.1, 0.15) is 87.5 Å². The predicted molar refractivity (Wildman–Crippen MR) is 133 cm³/mol. The number of hydrogen-bond donors (Lipinski definition) is 1. The van der Waals surface area contributed by atoms with Gasteiger partial charge in [0.05, 0.1) is 6.10 Å². The molecule has 0 bridgehead atoms. The maximum Gasteiger partial charge on any atom is 0.303 e. The number of hydrogen-bond acceptors (Lipinski definition) is 9. The number of rotatable bonds is 6. The quantitative estimate of drug-likeness (QED) is 0.410. The summed E-state index contributed by atoms with van der Waals surface area (Å²) in [4.78, 5) is 47.7. The monoisotopic (exact) mass is 524 g/mol. The van der Waals surface area contributed by atoms with E-state index in [1.54, 1.807) is 0 Å². The van der Waals surface area contributed by atoms with Gasteiger partial charge in [0.15, 0.2) is 0 Å². The van der Waals surface area contributed by atoms with E-state index in [0.29, 0.717) is 12.8 Å². The van der Waals surface area contributed by atoms with Crippen LogP contribution in [-0.4, -0.2) is 60.0 Å². The smallest absolute Gasteiger partial charge is 0.303 e. The molecule has 0 aromatic carbocycles. The first-order valence-corrected chi connectivity index (χ1v) is 13.4. The molecule has 9 atom stereocenters. The number of aliphatic hydroxyl groups excluding tert-OH is 1. The van der Waals surface area contributed by atoms with Crippen molar-refractivity contribution < 1.29 is 43.2 Å². The molecular formula is C28H44O9. The van der Waals surface area contributed by atoms with E-state index in [0.717, 1.165) is 19.3 Å². The van der Waals surface area contributed by atoms with Crippen molar-refractivity contribution >= 4 is 23.9 Å². The average molecular weight is 525 g/mol. The van der Waals surface area contributed by atoms with Crippen molar-refractivity contribution in [2.75, 3.05) is 6.61 Å². The summed E-state index contributed by atoms with van der Waals surface area (Å²) < 4.78 is 22.6. The molecule has 37 heavy (non-hydrogen) atoms. The Morgan fingerprint density at radius 3 is 1.92 bits per heavy atom. The highest BCUT2D eigenvalue weighted by molar-refractivity contribution is 5.68. The maximum absolute atomic E-state index is 12.3. The minimum Gasteiger partial charge on any atom is -0.463 e. The molecule has 0 spiro atoms. The Morgan fingerprint density at radius 1 is 0.811 bits per heavy atom. The Balaban J connectivity index is 2.00. The third-order valence-electron chi connectivity index (χ3n) is 9.70. The molecule has 3 saturated carbocycles. The van der Waals surface area contributed by atoms with Crippen LogP contribution in [0.4, 0.5) is 0 Å². The lowest BCUT2D eigenvalue weighted by atomic mass is 9.41. The van der Waals surface area contributed by atoms with Gasteiger partial charge in [-0.3, -0.25) is 19.2 Å². The number of carbonyl (C=O) groups is 4. The Labute approximate surface area is 219 Å². The molecule has 3 aliphatic carbocycles. The highest BCUT2D eigenvalue weighted by Crippen LogP contribution is 2.66. The molecule has 0 aromatic rings. The van der Waals surface area contributed by atoms with Crippen LogP contribution < -0.4 is 0 Å². The van der Waals surface area contributed by atoms with Gasteiger partial charge in [0.25, 0.3) is 0 Å². The highest BCUT2D eigenvalue weighted by Gasteiger charge is 2.66. The molecule has 0 aliphatic heterocycles. The van der Waals surface area contributed by atoms with E-state index in [9.17, 15) is 24.3 Å². The van der Waals surface area contributed by atoms with Gasteiger partial charge in [-0.1, -0.05) is 27.7 Å². The molecular weight excluding hydrogens is 480 g/mol. The molecule has 3 fully saturated rings. The molecule has 0 heterocycles. The molecule has 0 unspecified atom stereocenters. The summed E-state index contributed by atoms with van der Waals surface area (Å²) in [5.74, 6) is -1.45. The number of ether oxygens (including phenoxy) is 4. The molecule has 0 aromatic heterocycles. The molecule has 210 valence electrons. The van der Waals surface area contributed by atoms with Crippen molar-refractivity contribution in [1.82, 2.24) is 0 Å². The molecule has 0 radical (unpaired) electrons. The molecule has 3 aliphatic rings. The van der Waals surface area contributed by atoms with E-state index in [4.69, 9.17) is 18.9 Å². The van der Waals surface area contributed by atoms with Crippen LogP contribution in [0.3, 0.4) is 0 Å². The first-order valence-electron chi connectivity index (χ1n) is 13.4. The molecule has 3 rings (SSSR count). The zero-order valence-electron chi connectivity index (χ0n) is 23.5. The normalized spacial score (nSPS) is 39.3. The fourth-order valence-corrected chi connectivity index (χ4v) is 8.24. The fraction of sp³-hybridized carbons (Fsp3) is 0.857. The van der Waals surface area contributed by atoms with Crippen LogP contribution >= 0.6 is 0 Å². The minimum absolute atomic E-state index is 0.0325. The van der Waals surface area contributed by atoms with Gasteiger partial charge in [0.1, 0.15) is 24.9 Å². The standard InChI is InChI=1S/C28H44O9/c1-15(29)34-14-23(33)27(7)12-11-20-19(24(27)36-17(3)31)9-10-22-26(5,6)25(37-18(4)32)21(35-16(2)30)13-28(20,22)8/h19-25,33H,9-14H2,1-8H3/t19-,20+,21-,22+,23-,24+,25+,27+,28-/m0/s1. The summed E-state index contributed by atoms with van der Waals surface area (Å²) in [6.07, 6.45) is 0.743. The Morgan fingerprint density at radius 2 is 1.38 bits per heavy atom. The van der Waals surface area contributed by atoms with Gasteiger partial charge in [-0.05, 0) is 55.3 Å². The number of esters is 4. The summed E-state index contributed by atoms with van der Waals surface area (Å²) in [6, 6.07) is 0. The van der Waals surface area contributed by atoms with Crippen molar-refractivity contribution in [3.05, 3.63) is 0 Å². The van der Waals surface area contributed by atoms with E-state index in [-0.39, 0.29) is 29.8 Å². The van der Waals surface area contributed by atoms with Crippen LogP contribution in [0.5, 0.6) is 0 Å². The molecule has 0 amide bonds. The van der Waals surface area contributed by atoms with Gasteiger partial charge in [0, 0.05) is 38.5 Å². The highest BCUT2D eigenvalue weighted by atomic mass is 16.6. The largest absolute Gasteiger partial charge is 0.463 e. The third-order valence-corrected chi connectivity index (χ3v) is 9.70. The van der Waals surface area contributed by atoms with E-state index in [2.05, 4.69) is 20.8 Å². The molecule has 0 saturated heterocycles. The first-order chi connectivity index (χ1) is 17.0. The van der Waals surface area contributed by atoms with Crippen molar-refractivity contribution in [3.63, 3.8) is 0 Å². The van der Waals surface area contributed by atoms with Gasteiger partial charge in [0.2, 0.25) is 0 Å². The van der Waals surface area contributed by atoms with Crippen LogP contribution in [0.25, 0.3) is 0 Å². The van der Waals surface area contributed by atoms with Crippen LogP contribution in [-0.2, 0) is 38.1 Å². The first kappa shape index (κ1) is 29.4. The lowest BCUT2D eigenvalue weighted by Gasteiger charge is -2.65. The SMILES string of the molecule is CC(=O)OC[C@H](O)[C@@]1(C)CC[C@@H]2[C@H](CC[C@@H]3C(C)(C)[C@H](OC(C)=O)[C@@H](OC(C)=O)C[C@@]23C)[C@H]1OC(C)=O. The van der Waals surface area contributed by atoms with Gasteiger partial charge in [-0.2, -0.15) is 0 Å². The molecule has 9 nitrogen and oxygen atoms in total. The van der Waals surface area contributed by atoms with Crippen LogP contribution in [0, 0.1) is 34.0 Å². The predicted octanol–water partition coefficient (Wildman–Crippen LogP) is 3.58. The second-order valence-corrected chi connectivity index (χ2v) is 12.5. The maximum atomic E-state index is 12.3. The van der Waals surface area contributed by atoms with Crippen molar-refractivity contribution in [3.8, 4) is 0 Å². The lowest BCUT2D eigenvalue weighted by molar-refractivity contribution is -0.247. The number of fused-ring (bicyclic) bond motifs is 3. The summed E-state index contributed by atoms with van der Waals surface area (Å²) in [7, 11) is 0. The summed E-state index contributed by atoms with van der Waals surface area (Å²) >= 11 is 0. The number of carbonyl (C=O) groups excluding carboxylic acids is 4. The Kier molecular flexibility index (Phi) is 8.38. The average Bonchev–Trinajstić information content (AvgIpc) is 2.75. The second kappa shape index (κ2) is 10.5. The van der Waals surface area contributed by atoms with Crippen LogP contribution in [0.15, 0.2) is 0 Å². The van der Waals surface area contributed by atoms with E-state index in [1.807, 2.05) is 6.92 Å². The summed E-state index contributed by atoms with van der Waals surface area (Å²) in [5.41, 5.74) is -1.54. The number of aliphatic hydroxyl groups is 1. The van der Waals surface area contributed by atoms with Crippen molar-refractivity contribution in [2.24, 2.45) is 34.0 Å². The van der Waals surface area contributed by atoms with Crippen molar-refractivity contribution in [2.45, 2.75) is 112 Å². The summed E-state index contributed by atoms with van der Waals surface area (Å²) in [5, 5.41) is 11.1. The minimum atomic E-state index is -0.989. The zero-order valence-corrected chi connectivity index (χ0v) is 23.5. The van der Waals surface area contributed by atoms with Gasteiger partial charge >= 0.3 is 23.9 Å². The van der Waals surface area contributed by atoms with E-state index >= 15 is 0 Å². The van der Waals surface area contributed by atoms with Crippen LogP contribution in [0.2, 0.25) is 0 Å². The topological polar surface area (TPSA) is 125 Å². The van der Waals surface area contributed by atoms with Gasteiger partial charge < -0.3 is 24.1 Å². The second-order valence-electron chi connectivity index (χ2n) is 12.5. The van der Waals surface area contributed by atoms with E-state index in [1.165, 1.54) is 27.7 Å². The molecule has 1 N–H and O–H groups in total. The van der Waals surface area contributed by atoms with Gasteiger partial charge in [-0.25, -0.2) is 0 Å².